The van der Waals surface area contributed by atoms with E-state index in [4.69, 9.17) is 5.73 Å². The average molecular weight is 489 g/mol. The molecule has 2 atom stereocenters. The van der Waals surface area contributed by atoms with Crippen molar-refractivity contribution >= 4 is 47.0 Å². The van der Waals surface area contributed by atoms with Gasteiger partial charge < -0.3 is 16.2 Å². The number of hydrogen-bond acceptors (Lipinski definition) is 8. The van der Waals surface area contributed by atoms with Crippen molar-refractivity contribution in [2.24, 2.45) is 0 Å². The number of fused-ring (bicyclic) bond motifs is 1. The van der Waals surface area contributed by atoms with Gasteiger partial charge in [0.2, 0.25) is 11.1 Å². The van der Waals surface area contributed by atoms with Gasteiger partial charge in [-0.05, 0) is 31.1 Å². The molecule has 3 heterocycles. The first-order valence-corrected chi connectivity index (χ1v) is 12.4. The molecule has 2 aromatic rings. The first-order chi connectivity index (χ1) is 15.8. The van der Waals surface area contributed by atoms with Crippen molar-refractivity contribution in [3.8, 4) is 0 Å². The molecule has 4 rings (SSSR count). The molecule has 1 fully saturated rings. The Balaban J connectivity index is 1.43. The summed E-state index contributed by atoms with van der Waals surface area (Å²) in [6.45, 7) is 4.54. The van der Waals surface area contributed by atoms with Gasteiger partial charge in [-0.1, -0.05) is 30.0 Å². The topological polar surface area (TPSA) is 143 Å². The number of thioether (sulfide) groups is 2. The zero-order valence-electron chi connectivity index (χ0n) is 18.1. The number of carboxylic acids is 1. The Labute approximate surface area is 199 Å². The lowest BCUT2D eigenvalue weighted by Crippen LogP contribution is -2.70. The van der Waals surface area contributed by atoms with Crippen LogP contribution < -0.4 is 11.1 Å². The lowest BCUT2D eigenvalue weighted by Gasteiger charge is -2.49. The van der Waals surface area contributed by atoms with Gasteiger partial charge in [0.15, 0.2) is 0 Å². The van der Waals surface area contributed by atoms with Crippen molar-refractivity contribution in [3.05, 3.63) is 46.9 Å². The molecule has 0 aliphatic carbocycles. The smallest absolute Gasteiger partial charge is 0.352 e. The molecule has 1 aromatic heterocycles. The van der Waals surface area contributed by atoms with Crippen LogP contribution in [-0.2, 0) is 27.3 Å². The van der Waals surface area contributed by atoms with Crippen LogP contribution in [0.1, 0.15) is 18.3 Å². The molecule has 0 spiro atoms. The minimum atomic E-state index is -1.16. The van der Waals surface area contributed by atoms with Gasteiger partial charge in [-0.15, -0.1) is 16.9 Å². The van der Waals surface area contributed by atoms with Gasteiger partial charge in [0, 0.05) is 23.7 Å². The predicted octanol–water partition coefficient (Wildman–Crippen LogP) is 1.26. The molecule has 0 bridgehead atoms. The molecule has 12 heteroatoms. The first kappa shape index (κ1) is 23.2. The molecule has 1 aromatic carbocycles. The van der Waals surface area contributed by atoms with Crippen LogP contribution in [0.4, 0.5) is 5.69 Å². The molecule has 1 unspecified atom stereocenters. The zero-order chi connectivity index (χ0) is 23.7. The fourth-order valence-corrected chi connectivity index (χ4v) is 6.16. The molecular formula is C21H24N6O4S2. The number of carbonyl (C=O) groups is 3. The maximum Gasteiger partial charge on any atom is 0.352 e. The highest BCUT2D eigenvalue weighted by molar-refractivity contribution is 8.01. The Kier molecular flexibility index (Phi) is 6.66. The van der Waals surface area contributed by atoms with E-state index in [-0.39, 0.29) is 18.0 Å². The van der Waals surface area contributed by atoms with Gasteiger partial charge in [-0.25, -0.2) is 14.5 Å². The van der Waals surface area contributed by atoms with Crippen LogP contribution in [0.2, 0.25) is 0 Å². The van der Waals surface area contributed by atoms with Crippen LogP contribution in [0.3, 0.4) is 0 Å². The summed E-state index contributed by atoms with van der Waals surface area (Å²) in [5, 5.41) is 17.1. The lowest BCUT2D eigenvalue weighted by molar-refractivity contribution is -0.150. The number of anilines is 1. The summed E-state index contributed by atoms with van der Waals surface area (Å²) in [6.07, 6.45) is 0.0498. The molecule has 0 saturated carbocycles. The number of rotatable bonds is 8. The molecule has 2 aliphatic heterocycles. The number of benzene rings is 1. The highest BCUT2D eigenvalue weighted by Crippen LogP contribution is 2.41. The largest absolute Gasteiger partial charge is 0.477 e. The summed E-state index contributed by atoms with van der Waals surface area (Å²) < 4.78 is 1.77. The molecule has 0 radical (unpaired) electrons. The van der Waals surface area contributed by atoms with Gasteiger partial charge in [-0.2, -0.15) is 0 Å². The van der Waals surface area contributed by atoms with E-state index in [1.165, 1.54) is 28.4 Å². The highest BCUT2D eigenvalue weighted by Gasteiger charge is 2.54. The molecule has 2 amide bonds. The van der Waals surface area contributed by atoms with E-state index in [2.05, 4.69) is 15.4 Å². The highest BCUT2D eigenvalue weighted by atomic mass is 32.2. The van der Waals surface area contributed by atoms with Crippen molar-refractivity contribution in [3.63, 3.8) is 0 Å². The second-order valence-corrected chi connectivity index (χ2v) is 9.68. The number of hydrogen-bond donors (Lipinski definition) is 3. The van der Waals surface area contributed by atoms with Crippen molar-refractivity contribution < 1.29 is 19.5 Å². The van der Waals surface area contributed by atoms with Crippen molar-refractivity contribution in [1.82, 2.24) is 25.0 Å². The van der Waals surface area contributed by atoms with Crippen LogP contribution in [-0.4, -0.2) is 65.5 Å². The number of nitrogen functional groups attached to an aromatic ring is 1. The maximum atomic E-state index is 12.8. The zero-order valence-corrected chi connectivity index (χ0v) is 19.8. The molecule has 2 aliphatic rings. The number of amides is 2. The third-order valence-corrected chi connectivity index (χ3v) is 7.75. The Hall–Kier alpha value is -2.99. The monoisotopic (exact) mass is 488 g/mol. The van der Waals surface area contributed by atoms with Gasteiger partial charge in [0.25, 0.3) is 5.91 Å². The van der Waals surface area contributed by atoms with E-state index in [1.807, 2.05) is 13.8 Å². The first-order valence-electron chi connectivity index (χ1n) is 10.4. The number of nitrogens with zero attached hydrogens (tertiary/aromatic N) is 4. The van der Waals surface area contributed by atoms with Crippen LogP contribution in [0, 0.1) is 6.92 Å². The van der Waals surface area contributed by atoms with Gasteiger partial charge in [0.05, 0.1) is 6.42 Å². The Bertz CT molecular complexity index is 1150. The van der Waals surface area contributed by atoms with E-state index in [0.717, 1.165) is 5.82 Å². The number of β-lactam (4-membered cyclic amide) rings is 1. The molecule has 1 saturated heterocycles. The van der Waals surface area contributed by atoms with E-state index < -0.39 is 23.3 Å². The summed E-state index contributed by atoms with van der Waals surface area (Å²) in [7, 11) is 0. The van der Waals surface area contributed by atoms with E-state index in [1.54, 1.807) is 28.9 Å². The fraction of sp³-hybridized carbons (Fsp3) is 0.381. The molecule has 10 nitrogen and oxygen atoms in total. The Morgan fingerprint density at radius 2 is 2.12 bits per heavy atom. The number of carbonyl (C=O) groups excluding carboxylic acids is 2. The summed E-state index contributed by atoms with van der Waals surface area (Å²) in [5.74, 6) is -0.321. The number of aryl methyl sites for hydroxylation is 2. The number of para-hydroxylation sites is 1. The van der Waals surface area contributed by atoms with Gasteiger partial charge >= 0.3 is 5.97 Å². The third-order valence-electron chi connectivity index (χ3n) is 5.48. The third kappa shape index (κ3) is 4.58. The van der Waals surface area contributed by atoms with Crippen molar-refractivity contribution in [2.45, 2.75) is 43.4 Å². The maximum absolute atomic E-state index is 12.8. The normalized spacial score (nSPS) is 19.8. The number of aromatic nitrogens is 3. The summed E-state index contributed by atoms with van der Waals surface area (Å²) >= 11 is 2.78. The van der Waals surface area contributed by atoms with E-state index in [9.17, 15) is 19.5 Å². The van der Waals surface area contributed by atoms with Crippen molar-refractivity contribution in [2.75, 3.05) is 17.2 Å². The molecular weight excluding hydrogens is 464 g/mol. The molecule has 33 heavy (non-hydrogen) atoms. The Morgan fingerprint density at radius 3 is 2.79 bits per heavy atom. The SMILES string of the molecule is CCn1nc(SCC2=C(C(=O)O)N3C(=O)C(NC(=O)Cc4ccccc4N)[C@H]3SC2)nc1C. The van der Waals surface area contributed by atoms with Gasteiger partial charge in [-0.3, -0.25) is 14.5 Å². The number of nitrogens with one attached hydrogen (secondary N) is 1. The second-order valence-electron chi connectivity index (χ2n) is 7.63. The van der Waals surface area contributed by atoms with Gasteiger partial charge in [0.1, 0.15) is 22.9 Å². The number of nitrogens with two attached hydrogens (primary N) is 1. The van der Waals surface area contributed by atoms with Crippen molar-refractivity contribution in [1.29, 1.82) is 0 Å². The van der Waals surface area contributed by atoms with Crippen LogP contribution in [0.5, 0.6) is 0 Å². The standard InChI is InChI=1S/C21H24N6O4S2/c1-3-26-11(2)23-21(25-26)33-10-13-9-32-19-16(18(29)27(19)17(13)20(30)31)24-15(28)8-12-6-4-5-7-14(12)22/h4-7,16,19H,3,8-10,22H2,1-2H3,(H,24,28)(H,30,31)/t16?,19-/m1/s1. The lowest BCUT2D eigenvalue weighted by atomic mass is 10.0. The van der Waals surface area contributed by atoms with Crippen LogP contribution in [0.15, 0.2) is 40.7 Å². The van der Waals surface area contributed by atoms with Crippen LogP contribution in [0.25, 0.3) is 0 Å². The summed E-state index contributed by atoms with van der Waals surface area (Å²) in [4.78, 5) is 43.0. The van der Waals surface area contributed by atoms with Crippen LogP contribution >= 0.6 is 23.5 Å². The summed E-state index contributed by atoms with van der Waals surface area (Å²) in [6, 6.07) is 6.28. The Morgan fingerprint density at radius 1 is 1.36 bits per heavy atom. The molecule has 4 N–H and O–H groups in total. The quantitative estimate of drug-likeness (QED) is 0.284. The van der Waals surface area contributed by atoms with E-state index in [0.29, 0.717) is 40.0 Å². The molecule has 174 valence electrons. The number of carboxylic acid groups (broad SMARTS) is 1. The number of aliphatic carboxylic acids is 1. The fourth-order valence-electron chi connectivity index (χ4n) is 3.79. The van der Waals surface area contributed by atoms with E-state index >= 15 is 0 Å². The second kappa shape index (κ2) is 9.48. The average Bonchev–Trinajstić information content (AvgIpc) is 3.16. The summed E-state index contributed by atoms with van der Waals surface area (Å²) in [5.41, 5.74) is 7.70. The minimum absolute atomic E-state index is 0.0132. The minimum Gasteiger partial charge on any atom is -0.477 e. The predicted molar refractivity (Wildman–Crippen MR) is 125 cm³/mol.